The molecule has 2 N–H and O–H groups in total. The maximum atomic E-state index is 12.5. The molecule has 4 rings (SSSR count). The van der Waals surface area contributed by atoms with E-state index in [-0.39, 0.29) is 18.4 Å². The molecule has 0 radical (unpaired) electrons. The van der Waals surface area contributed by atoms with Crippen LogP contribution in [0.25, 0.3) is 10.9 Å². The highest BCUT2D eigenvalue weighted by Gasteiger charge is 2.13. The number of carbonyl (C=O) groups excluding carboxylic acids is 2. The van der Waals surface area contributed by atoms with E-state index in [1.54, 1.807) is 48.7 Å². The summed E-state index contributed by atoms with van der Waals surface area (Å²) in [6.07, 6.45) is 1.70. The van der Waals surface area contributed by atoms with E-state index in [4.69, 9.17) is 14.2 Å². The SMILES string of the molecule is CCOc1ccc(C(=O)NCC(=O)Nc2ccc(Oc3ccnc4ccccc34)cc2)cc1OCC. The van der Waals surface area contributed by atoms with Crippen molar-refractivity contribution in [3.8, 4) is 23.0 Å². The van der Waals surface area contributed by atoms with Gasteiger partial charge in [0.2, 0.25) is 5.91 Å². The van der Waals surface area contributed by atoms with Crippen LogP contribution in [0, 0.1) is 0 Å². The van der Waals surface area contributed by atoms with Crippen molar-refractivity contribution in [2.45, 2.75) is 13.8 Å². The number of nitrogens with one attached hydrogen (secondary N) is 2. The van der Waals surface area contributed by atoms with Gasteiger partial charge < -0.3 is 24.8 Å². The van der Waals surface area contributed by atoms with Gasteiger partial charge in [-0.25, -0.2) is 0 Å². The number of carbonyl (C=O) groups is 2. The molecule has 8 heteroatoms. The minimum atomic E-state index is -0.387. The topological polar surface area (TPSA) is 98.8 Å². The van der Waals surface area contributed by atoms with Crippen molar-refractivity contribution < 1.29 is 23.8 Å². The van der Waals surface area contributed by atoms with Gasteiger partial charge in [0.15, 0.2) is 11.5 Å². The molecule has 0 saturated carbocycles. The lowest BCUT2D eigenvalue weighted by molar-refractivity contribution is -0.115. The van der Waals surface area contributed by atoms with Crippen LogP contribution in [0.3, 0.4) is 0 Å². The molecule has 0 unspecified atom stereocenters. The molecule has 0 bridgehead atoms. The number of pyridine rings is 1. The van der Waals surface area contributed by atoms with Crippen LogP contribution in [0.1, 0.15) is 24.2 Å². The number of fused-ring (bicyclic) bond motifs is 1. The minimum absolute atomic E-state index is 0.183. The van der Waals surface area contributed by atoms with Gasteiger partial charge in [-0.2, -0.15) is 0 Å². The number of amides is 2. The molecule has 4 aromatic rings. The van der Waals surface area contributed by atoms with Crippen molar-refractivity contribution in [3.05, 3.63) is 84.6 Å². The van der Waals surface area contributed by atoms with Crippen molar-refractivity contribution >= 4 is 28.4 Å². The Morgan fingerprint density at radius 1 is 0.833 bits per heavy atom. The van der Waals surface area contributed by atoms with Crippen LogP contribution < -0.4 is 24.8 Å². The van der Waals surface area contributed by atoms with Gasteiger partial charge in [-0.15, -0.1) is 0 Å². The predicted molar refractivity (Wildman–Crippen MR) is 138 cm³/mol. The lowest BCUT2D eigenvalue weighted by Gasteiger charge is -2.12. The molecule has 0 aliphatic heterocycles. The van der Waals surface area contributed by atoms with Crippen LogP contribution in [-0.2, 0) is 4.79 Å². The van der Waals surface area contributed by atoms with E-state index in [1.807, 2.05) is 44.2 Å². The zero-order valence-electron chi connectivity index (χ0n) is 20.1. The van der Waals surface area contributed by atoms with E-state index in [0.717, 1.165) is 10.9 Å². The van der Waals surface area contributed by atoms with E-state index in [2.05, 4.69) is 15.6 Å². The Balaban J connectivity index is 1.32. The fourth-order valence-electron chi connectivity index (χ4n) is 3.55. The normalized spacial score (nSPS) is 10.5. The third-order valence-electron chi connectivity index (χ3n) is 5.19. The number of hydrogen-bond acceptors (Lipinski definition) is 6. The Labute approximate surface area is 209 Å². The zero-order chi connectivity index (χ0) is 25.3. The highest BCUT2D eigenvalue weighted by atomic mass is 16.5. The average Bonchev–Trinajstić information content (AvgIpc) is 2.90. The molecule has 0 fully saturated rings. The van der Waals surface area contributed by atoms with Gasteiger partial charge in [-0.05, 0) is 74.5 Å². The fraction of sp³-hybridized carbons (Fsp3) is 0.179. The van der Waals surface area contributed by atoms with Gasteiger partial charge in [0.25, 0.3) is 5.91 Å². The first-order valence-corrected chi connectivity index (χ1v) is 11.7. The third kappa shape index (κ3) is 6.09. The number of hydrogen-bond donors (Lipinski definition) is 2. The smallest absolute Gasteiger partial charge is 0.251 e. The van der Waals surface area contributed by atoms with Gasteiger partial charge in [0.1, 0.15) is 11.5 Å². The monoisotopic (exact) mass is 485 g/mol. The van der Waals surface area contributed by atoms with Crippen LogP contribution in [0.15, 0.2) is 79.0 Å². The van der Waals surface area contributed by atoms with Gasteiger partial charge in [-0.3, -0.25) is 14.6 Å². The zero-order valence-corrected chi connectivity index (χ0v) is 20.1. The second kappa shape index (κ2) is 11.7. The molecule has 0 aliphatic rings. The lowest BCUT2D eigenvalue weighted by atomic mass is 10.2. The number of ether oxygens (including phenoxy) is 3. The highest BCUT2D eigenvalue weighted by Crippen LogP contribution is 2.30. The molecule has 36 heavy (non-hydrogen) atoms. The number of rotatable bonds is 10. The molecule has 184 valence electrons. The Morgan fingerprint density at radius 2 is 1.58 bits per heavy atom. The summed E-state index contributed by atoms with van der Waals surface area (Å²) in [7, 11) is 0. The van der Waals surface area contributed by atoms with E-state index >= 15 is 0 Å². The number of aromatic nitrogens is 1. The van der Waals surface area contributed by atoms with Crippen molar-refractivity contribution in [1.29, 1.82) is 0 Å². The molecular formula is C28H27N3O5. The van der Waals surface area contributed by atoms with Gasteiger partial charge in [0, 0.05) is 22.8 Å². The van der Waals surface area contributed by atoms with Gasteiger partial charge in [-0.1, -0.05) is 12.1 Å². The maximum Gasteiger partial charge on any atom is 0.251 e. The van der Waals surface area contributed by atoms with E-state index < -0.39 is 0 Å². The molecule has 1 aromatic heterocycles. The van der Waals surface area contributed by atoms with E-state index in [9.17, 15) is 9.59 Å². The first-order chi connectivity index (χ1) is 17.6. The van der Waals surface area contributed by atoms with Crippen LogP contribution in [0.4, 0.5) is 5.69 Å². The van der Waals surface area contributed by atoms with Gasteiger partial charge >= 0.3 is 0 Å². The van der Waals surface area contributed by atoms with Crippen molar-refractivity contribution in [3.63, 3.8) is 0 Å². The summed E-state index contributed by atoms with van der Waals surface area (Å²) in [4.78, 5) is 29.2. The Hall–Kier alpha value is -4.59. The molecule has 0 spiro atoms. The van der Waals surface area contributed by atoms with Crippen LogP contribution in [0.5, 0.6) is 23.0 Å². The maximum absolute atomic E-state index is 12.5. The predicted octanol–water partition coefficient (Wildman–Crippen LogP) is 5.19. The quantitative estimate of drug-likeness (QED) is 0.321. The second-order valence-corrected chi connectivity index (χ2v) is 7.71. The fourth-order valence-corrected chi connectivity index (χ4v) is 3.55. The summed E-state index contributed by atoms with van der Waals surface area (Å²) >= 11 is 0. The molecule has 0 saturated heterocycles. The van der Waals surface area contributed by atoms with Crippen molar-refractivity contribution in [2.24, 2.45) is 0 Å². The van der Waals surface area contributed by atoms with E-state index in [0.29, 0.717) is 47.5 Å². The molecule has 0 aliphatic carbocycles. The summed E-state index contributed by atoms with van der Waals surface area (Å²) in [5, 5.41) is 6.30. The molecule has 0 atom stereocenters. The van der Waals surface area contributed by atoms with Gasteiger partial charge in [0.05, 0.1) is 25.3 Å². The summed E-state index contributed by atoms with van der Waals surface area (Å²) < 4.78 is 17.1. The number of para-hydroxylation sites is 1. The van der Waals surface area contributed by atoms with Crippen molar-refractivity contribution in [1.82, 2.24) is 10.3 Å². The van der Waals surface area contributed by atoms with E-state index in [1.165, 1.54) is 0 Å². The molecular weight excluding hydrogens is 458 g/mol. The Bertz CT molecular complexity index is 1350. The number of benzene rings is 3. The minimum Gasteiger partial charge on any atom is -0.490 e. The molecule has 8 nitrogen and oxygen atoms in total. The summed E-state index contributed by atoms with van der Waals surface area (Å²) in [6.45, 7) is 4.47. The largest absolute Gasteiger partial charge is 0.490 e. The second-order valence-electron chi connectivity index (χ2n) is 7.71. The Kier molecular flexibility index (Phi) is 7.97. The lowest BCUT2D eigenvalue weighted by Crippen LogP contribution is -2.32. The van der Waals surface area contributed by atoms with Crippen LogP contribution in [0.2, 0.25) is 0 Å². The number of anilines is 1. The molecule has 3 aromatic carbocycles. The first-order valence-electron chi connectivity index (χ1n) is 11.7. The first kappa shape index (κ1) is 24.5. The molecule has 1 heterocycles. The third-order valence-corrected chi connectivity index (χ3v) is 5.19. The average molecular weight is 486 g/mol. The summed E-state index contributed by atoms with van der Waals surface area (Å²) in [6, 6.07) is 21.5. The van der Waals surface area contributed by atoms with Crippen LogP contribution in [-0.4, -0.2) is 36.6 Å². The Morgan fingerprint density at radius 3 is 2.36 bits per heavy atom. The number of nitrogens with zero attached hydrogens (tertiary/aromatic N) is 1. The molecule has 2 amide bonds. The highest BCUT2D eigenvalue weighted by molar-refractivity contribution is 5.99. The summed E-state index contributed by atoms with van der Waals surface area (Å²) in [5.74, 6) is 1.63. The summed E-state index contributed by atoms with van der Waals surface area (Å²) in [5.41, 5.74) is 1.81. The standard InChI is InChI=1S/C28H27N3O5/c1-3-34-25-14-9-19(17-26(25)35-4-2)28(33)30-18-27(32)31-20-10-12-21(13-11-20)36-24-15-16-29-23-8-6-5-7-22(23)24/h5-17H,3-4,18H2,1-2H3,(H,30,33)(H,31,32). The van der Waals surface area contributed by atoms with Crippen LogP contribution >= 0.6 is 0 Å². The van der Waals surface area contributed by atoms with Crippen molar-refractivity contribution in [2.75, 3.05) is 25.1 Å².